The predicted octanol–water partition coefficient (Wildman–Crippen LogP) is 1.20. The number of amides is 2. The van der Waals surface area contributed by atoms with E-state index in [2.05, 4.69) is 36.0 Å². The van der Waals surface area contributed by atoms with Crippen LogP contribution in [-0.2, 0) is 4.79 Å². The van der Waals surface area contributed by atoms with Gasteiger partial charge in [0.05, 0.1) is 35.2 Å². The summed E-state index contributed by atoms with van der Waals surface area (Å²) < 4.78 is 5.74. The highest BCUT2D eigenvalue weighted by Crippen LogP contribution is 2.35. The van der Waals surface area contributed by atoms with Gasteiger partial charge >= 0.3 is 0 Å². The number of nitrogens with zero attached hydrogens (tertiary/aromatic N) is 3. The number of aromatic nitrogens is 5. The van der Waals surface area contributed by atoms with Gasteiger partial charge in [-0.2, -0.15) is 5.10 Å². The van der Waals surface area contributed by atoms with Crippen LogP contribution in [0.4, 0.5) is 5.82 Å². The second kappa shape index (κ2) is 6.34. The summed E-state index contributed by atoms with van der Waals surface area (Å²) in [6.45, 7) is 0.832. The fourth-order valence-corrected chi connectivity index (χ4v) is 3.22. The topological polar surface area (TPSA) is 138 Å². The number of fused-ring (bicyclic) bond motifs is 4. The van der Waals surface area contributed by atoms with Crippen LogP contribution in [0.1, 0.15) is 28.0 Å². The fraction of sp³-hybridized carbons (Fsp3) is 0.167. The van der Waals surface area contributed by atoms with Crippen LogP contribution in [0, 0.1) is 0 Å². The quantitative estimate of drug-likeness (QED) is 0.464. The third-order valence-electron chi connectivity index (χ3n) is 4.61. The summed E-state index contributed by atoms with van der Waals surface area (Å²) in [6, 6.07) is 3.43. The number of carbonyl (C=O) groups excluding carboxylic acids is 2. The number of hydrogen-bond acceptors (Lipinski definition) is 6. The molecule has 0 spiro atoms. The first-order valence-corrected chi connectivity index (χ1v) is 8.74. The number of H-pyrrole nitrogens is 2. The zero-order chi connectivity index (χ0) is 19.1. The molecule has 3 aromatic heterocycles. The van der Waals surface area contributed by atoms with E-state index in [0.29, 0.717) is 64.9 Å². The summed E-state index contributed by atoms with van der Waals surface area (Å²) in [4.78, 5) is 28.0. The van der Waals surface area contributed by atoms with Crippen molar-refractivity contribution in [2.75, 3.05) is 18.5 Å². The van der Waals surface area contributed by atoms with E-state index in [1.165, 1.54) is 0 Å². The molecule has 2 bridgehead atoms. The molecule has 0 unspecified atom stereocenters. The van der Waals surface area contributed by atoms with Crippen LogP contribution in [0.5, 0.6) is 5.88 Å². The van der Waals surface area contributed by atoms with Crippen molar-refractivity contribution >= 4 is 29.3 Å². The molecule has 2 amide bonds. The lowest BCUT2D eigenvalue weighted by molar-refractivity contribution is -0.110. The van der Waals surface area contributed by atoms with Gasteiger partial charge in [0.2, 0.25) is 5.88 Å². The molecule has 4 N–H and O–H groups in total. The van der Waals surface area contributed by atoms with Gasteiger partial charge in [0.25, 0.3) is 11.8 Å². The molecule has 3 aromatic rings. The largest absolute Gasteiger partial charge is 0.477 e. The van der Waals surface area contributed by atoms with Crippen LogP contribution in [0.2, 0.25) is 0 Å². The van der Waals surface area contributed by atoms with E-state index in [4.69, 9.17) is 4.74 Å². The lowest BCUT2D eigenvalue weighted by Crippen LogP contribution is -2.25. The Hall–Kier alpha value is -3.95. The highest BCUT2D eigenvalue weighted by Gasteiger charge is 2.28. The molecule has 5 rings (SSSR count). The zero-order valence-electron chi connectivity index (χ0n) is 14.6. The highest BCUT2D eigenvalue weighted by molar-refractivity contribution is 6.34. The number of nitrogens with one attached hydrogen (secondary N) is 4. The third kappa shape index (κ3) is 2.62. The van der Waals surface area contributed by atoms with Gasteiger partial charge in [0.15, 0.2) is 5.82 Å². The van der Waals surface area contributed by atoms with Gasteiger partial charge in [-0.3, -0.25) is 9.59 Å². The summed E-state index contributed by atoms with van der Waals surface area (Å²) >= 11 is 0. The van der Waals surface area contributed by atoms with Gasteiger partial charge < -0.3 is 20.4 Å². The summed E-state index contributed by atoms with van der Waals surface area (Å²) in [6.07, 6.45) is 5.52. The Labute approximate surface area is 158 Å². The lowest BCUT2D eigenvalue weighted by Gasteiger charge is -2.07. The molecule has 10 nitrogen and oxygen atoms in total. The normalized spacial score (nSPS) is 17.8. The first kappa shape index (κ1) is 16.2. The SMILES string of the molecule is O=C1Nc2nnc3cc2/C1=C/c1[nH]ccc1C(=O)NCCCOc1[nH]ncc1-3. The fourth-order valence-electron chi connectivity index (χ4n) is 3.22. The van der Waals surface area contributed by atoms with Crippen LogP contribution < -0.4 is 15.4 Å². The van der Waals surface area contributed by atoms with Gasteiger partial charge in [0.1, 0.15) is 5.69 Å². The van der Waals surface area contributed by atoms with Gasteiger partial charge in [-0.05, 0) is 24.6 Å². The molecule has 0 aromatic carbocycles. The first-order valence-electron chi connectivity index (χ1n) is 8.74. The minimum atomic E-state index is -0.310. The van der Waals surface area contributed by atoms with Crippen molar-refractivity contribution < 1.29 is 14.3 Å². The van der Waals surface area contributed by atoms with Gasteiger partial charge in [0, 0.05) is 18.3 Å². The zero-order valence-corrected chi connectivity index (χ0v) is 14.6. The van der Waals surface area contributed by atoms with Crippen LogP contribution in [0.25, 0.3) is 22.9 Å². The number of anilines is 1. The molecule has 0 radical (unpaired) electrons. The van der Waals surface area contributed by atoms with Crippen molar-refractivity contribution in [3.8, 4) is 17.1 Å². The molecular weight excluding hydrogens is 362 g/mol. The molecular formula is C18H15N7O3. The number of ether oxygens (including phenoxy) is 1. The van der Waals surface area contributed by atoms with Crippen molar-refractivity contribution in [1.29, 1.82) is 0 Å². The van der Waals surface area contributed by atoms with Crippen LogP contribution in [-0.4, -0.2) is 50.3 Å². The Morgan fingerprint density at radius 3 is 2.93 bits per heavy atom. The molecule has 2 aliphatic rings. The van der Waals surface area contributed by atoms with E-state index < -0.39 is 0 Å². The Bertz CT molecular complexity index is 1130. The first-order chi connectivity index (χ1) is 13.7. The Morgan fingerprint density at radius 2 is 2.00 bits per heavy atom. The molecule has 140 valence electrons. The van der Waals surface area contributed by atoms with E-state index in [0.717, 1.165) is 0 Å². The van der Waals surface area contributed by atoms with Crippen molar-refractivity contribution in [1.82, 2.24) is 30.7 Å². The average molecular weight is 377 g/mol. The molecule has 0 saturated carbocycles. The van der Waals surface area contributed by atoms with Crippen LogP contribution >= 0.6 is 0 Å². The summed E-state index contributed by atoms with van der Waals surface area (Å²) in [5.41, 5.74) is 3.17. The predicted molar refractivity (Wildman–Crippen MR) is 99.4 cm³/mol. The average Bonchev–Trinajstić information content (AvgIpc) is 3.40. The van der Waals surface area contributed by atoms with E-state index >= 15 is 0 Å². The van der Waals surface area contributed by atoms with Crippen molar-refractivity contribution in [2.45, 2.75) is 6.42 Å². The lowest BCUT2D eigenvalue weighted by atomic mass is 10.0. The standard InChI is InChI=1S/C18H15N7O3/c26-16-9-2-4-19-13(9)7-11-10-6-14(23-24-15(10)22-17(11)27)12-8-21-25-18(12)28-5-1-3-20-16/h2,4,6-8,19H,1,3,5H2,(H,20,26)(H,21,25)(H,22,24,27)/b11-7-. The van der Waals surface area contributed by atoms with Gasteiger partial charge in [-0.25, -0.2) is 5.10 Å². The number of carbonyl (C=O) groups is 2. The summed E-state index contributed by atoms with van der Waals surface area (Å²) in [7, 11) is 0. The van der Waals surface area contributed by atoms with Crippen molar-refractivity contribution in [3.63, 3.8) is 0 Å². The molecule has 5 heterocycles. The Morgan fingerprint density at radius 1 is 1.07 bits per heavy atom. The number of hydrogen-bond donors (Lipinski definition) is 4. The number of aromatic amines is 2. The van der Waals surface area contributed by atoms with Crippen LogP contribution in [0.15, 0.2) is 24.5 Å². The Kier molecular flexibility index (Phi) is 3.68. The van der Waals surface area contributed by atoms with Gasteiger partial charge in [-0.15, -0.1) is 10.2 Å². The summed E-state index contributed by atoms with van der Waals surface area (Å²) in [5, 5.41) is 20.7. The van der Waals surface area contributed by atoms with E-state index in [9.17, 15) is 9.59 Å². The highest BCUT2D eigenvalue weighted by atomic mass is 16.5. The summed E-state index contributed by atoms with van der Waals surface area (Å²) in [5.74, 6) is 0.295. The number of rotatable bonds is 0. The third-order valence-corrected chi connectivity index (χ3v) is 4.61. The maximum atomic E-state index is 12.5. The molecule has 2 aliphatic heterocycles. The van der Waals surface area contributed by atoms with Crippen LogP contribution in [0.3, 0.4) is 0 Å². The smallest absolute Gasteiger partial charge is 0.257 e. The minimum absolute atomic E-state index is 0.225. The maximum absolute atomic E-state index is 12.5. The maximum Gasteiger partial charge on any atom is 0.257 e. The second-order valence-electron chi connectivity index (χ2n) is 6.38. The van der Waals surface area contributed by atoms with E-state index in [1.807, 2.05) is 0 Å². The van der Waals surface area contributed by atoms with E-state index in [-0.39, 0.29) is 11.8 Å². The molecule has 28 heavy (non-hydrogen) atoms. The minimum Gasteiger partial charge on any atom is -0.477 e. The molecule has 0 aliphatic carbocycles. The van der Waals surface area contributed by atoms with Crippen molar-refractivity contribution in [2.24, 2.45) is 0 Å². The monoisotopic (exact) mass is 377 g/mol. The van der Waals surface area contributed by atoms with E-state index in [1.54, 1.807) is 30.6 Å². The Balaban J connectivity index is 1.68. The molecule has 0 atom stereocenters. The van der Waals surface area contributed by atoms with Gasteiger partial charge in [-0.1, -0.05) is 0 Å². The molecule has 0 fully saturated rings. The molecule has 0 saturated heterocycles. The van der Waals surface area contributed by atoms with Crippen molar-refractivity contribution in [3.05, 3.63) is 41.3 Å². The second-order valence-corrected chi connectivity index (χ2v) is 6.38. The molecule has 10 heteroatoms.